The Morgan fingerprint density at radius 2 is 2.00 bits per heavy atom. The number of amides is 1. The van der Waals surface area contributed by atoms with Gasteiger partial charge in [0.05, 0.1) is 11.5 Å². The minimum atomic E-state index is -3.13. The van der Waals surface area contributed by atoms with E-state index in [2.05, 4.69) is 0 Å². The molecule has 1 fully saturated rings. The molecule has 148 valence electrons. The van der Waals surface area contributed by atoms with Crippen LogP contribution < -0.4 is 0 Å². The molecule has 2 unspecified atom stereocenters. The van der Waals surface area contributed by atoms with Crippen molar-refractivity contribution in [3.05, 3.63) is 41.7 Å². The summed E-state index contributed by atoms with van der Waals surface area (Å²) in [6, 6.07) is 5.03. The lowest BCUT2D eigenvalue weighted by atomic mass is 10.1. The SMILES string of the molecule is CCC(C)N(C(=O)COC(=O)/C=C/c1ccc(F)cc1)C1CCS(=O)(=O)C1. The highest BCUT2D eigenvalue weighted by molar-refractivity contribution is 7.91. The quantitative estimate of drug-likeness (QED) is 0.520. The minimum Gasteiger partial charge on any atom is -0.452 e. The maximum absolute atomic E-state index is 12.8. The van der Waals surface area contributed by atoms with Gasteiger partial charge < -0.3 is 9.64 Å². The maximum Gasteiger partial charge on any atom is 0.331 e. The fourth-order valence-corrected chi connectivity index (χ4v) is 4.71. The van der Waals surface area contributed by atoms with Gasteiger partial charge in [0.25, 0.3) is 5.91 Å². The zero-order valence-electron chi connectivity index (χ0n) is 15.4. The maximum atomic E-state index is 12.8. The van der Waals surface area contributed by atoms with Gasteiger partial charge in [-0.05, 0) is 43.5 Å². The van der Waals surface area contributed by atoms with E-state index in [1.54, 1.807) is 0 Å². The summed E-state index contributed by atoms with van der Waals surface area (Å²) in [4.78, 5) is 25.9. The van der Waals surface area contributed by atoms with Crippen molar-refractivity contribution in [1.29, 1.82) is 0 Å². The van der Waals surface area contributed by atoms with Crippen LogP contribution in [-0.2, 0) is 24.2 Å². The third-order valence-corrected chi connectivity index (χ3v) is 6.33. The standard InChI is InChI=1S/C19H24FNO5S/c1-3-14(2)21(17-10-11-27(24,25)13-17)18(22)12-26-19(23)9-6-15-4-7-16(20)8-5-15/h4-9,14,17H,3,10-13H2,1-2H3/b9-6+. The summed E-state index contributed by atoms with van der Waals surface area (Å²) in [6.45, 7) is 3.30. The minimum absolute atomic E-state index is 0.0541. The van der Waals surface area contributed by atoms with E-state index in [-0.39, 0.29) is 29.4 Å². The van der Waals surface area contributed by atoms with E-state index in [0.717, 1.165) is 6.08 Å². The van der Waals surface area contributed by atoms with Crippen LogP contribution in [-0.4, -0.2) is 55.4 Å². The smallest absolute Gasteiger partial charge is 0.331 e. The van der Waals surface area contributed by atoms with Gasteiger partial charge in [-0.1, -0.05) is 19.1 Å². The van der Waals surface area contributed by atoms with Gasteiger partial charge in [-0.25, -0.2) is 17.6 Å². The number of nitrogens with zero attached hydrogens (tertiary/aromatic N) is 1. The Hall–Kier alpha value is -2.22. The van der Waals surface area contributed by atoms with Crippen LogP contribution in [0.2, 0.25) is 0 Å². The van der Waals surface area contributed by atoms with Gasteiger partial charge in [0, 0.05) is 18.2 Å². The monoisotopic (exact) mass is 397 g/mol. The van der Waals surface area contributed by atoms with Crippen molar-refractivity contribution >= 4 is 27.8 Å². The predicted molar refractivity (Wildman–Crippen MR) is 100 cm³/mol. The number of esters is 1. The molecule has 6 nitrogen and oxygen atoms in total. The van der Waals surface area contributed by atoms with Crippen molar-refractivity contribution in [2.45, 2.75) is 38.8 Å². The van der Waals surface area contributed by atoms with Crippen LogP contribution in [0, 0.1) is 5.82 Å². The van der Waals surface area contributed by atoms with E-state index in [0.29, 0.717) is 18.4 Å². The molecule has 1 aliphatic rings. The van der Waals surface area contributed by atoms with Gasteiger partial charge in [-0.3, -0.25) is 4.79 Å². The summed E-state index contributed by atoms with van der Waals surface area (Å²) in [5, 5.41) is 0. The molecular formula is C19H24FNO5S. The highest BCUT2D eigenvalue weighted by atomic mass is 32.2. The first kappa shape index (κ1) is 21.1. The lowest BCUT2D eigenvalue weighted by molar-refractivity contribution is -0.150. The third kappa shape index (κ3) is 6.16. The molecule has 2 atom stereocenters. The number of benzene rings is 1. The summed E-state index contributed by atoms with van der Waals surface area (Å²) in [7, 11) is -3.13. The lowest BCUT2D eigenvalue weighted by Crippen LogP contribution is -2.48. The van der Waals surface area contributed by atoms with Crippen molar-refractivity contribution in [1.82, 2.24) is 4.90 Å². The van der Waals surface area contributed by atoms with E-state index in [4.69, 9.17) is 4.74 Å². The normalized spacial score (nSPS) is 19.7. The fourth-order valence-electron chi connectivity index (χ4n) is 2.99. The van der Waals surface area contributed by atoms with Gasteiger partial charge >= 0.3 is 5.97 Å². The Kier molecular flexibility index (Phi) is 7.12. The second-order valence-electron chi connectivity index (χ2n) is 6.61. The van der Waals surface area contributed by atoms with Crippen molar-refractivity contribution in [2.75, 3.05) is 18.1 Å². The van der Waals surface area contributed by atoms with E-state index in [1.807, 2.05) is 13.8 Å². The molecule has 0 saturated carbocycles. The number of halogens is 1. The molecule has 0 radical (unpaired) electrons. The average molecular weight is 397 g/mol. The first-order valence-electron chi connectivity index (χ1n) is 8.84. The molecule has 0 aromatic heterocycles. The molecule has 8 heteroatoms. The molecule has 1 aromatic carbocycles. The molecule has 0 N–H and O–H groups in total. The van der Waals surface area contributed by atoms with E-state index >= 15 is 0 Å². The van der Waals surface area contributed by atoms with Crippen LogP contribution in [0.1, 0.15) is 32.3 Å². The molecule has 27 heavy (non-hydrogen) atoms. The number of carbonyl (C=O) groups is 2. The molecule has 0 bridgehead atoms. The fraction of sp³-hybridized carbons (Fsp3) is 0.474. The summed E-state index contributed by atoms with van der Waals surface area (Å²) in [6.07, 6.45) is 3.69. The summed E-state index contributed by atoms with van der Waals surface area (Å²) >= 11 is 0. The topological polar surface area (TPSA) is 80.8 Å². The zero-order valence-corrected chi connectivity index (χ0v) is 16.2. The summed E-state index contributed by atoms with van der Waals surface area (Å²) in [5.74, 6) is -1.47. The molecular weight excluding hydrogens is 373 g/mol. The largest absolute Gasteiger partial charge is 0.452 e. The predicted octanol–water partition coefficient (Wildman–Crippen LogP) is 2.20. The Balaban J connectivity index is 1.94. The highest BCUT2D eigenvalue weighted by Gasteiger charge is 2.36. The van der Waals surface area contributed by atoms with E-state index in [9.17, 15) is 22.4 Å². The van der Waals surface area contributed by atoms with Gasteiger partial charge in [0.15, 0.2) is 16.4 Å². The van der Waals surface area contributed by atoms with Crippen LogP contribution in [0.5, 0.6) is 0 Å². The number of hydrogen-bond acceptors (Lipinski definition) is 5. The molecule has 1 aliphatic heterocycles. The highest BCUT2D eigenvalue weighted by Crippen LogP contribution is 2.21. The van der Waals surface area contributed by atoms with Crippen LogP contribution in [0.25, 0.3) is 6.08 Å². The third-order valence-electron chi connectivity index (χ3n) is 4.58. The summed E-state index contributed by atoms with van der Waals surface area (Å²) in [5.41, 5.74) is 0.622. The number of rotatable bonds is 7. The first-order chi connectivity index (χ1) is 12.7. The molecule has 0 aliphatic carbocycles. The average Bonchev–Trinajstić information content (AvgIpc) is 2.98. The molecule has 1 aromatic rings. The number of hydrogen-bond donors (Lipinski definition) is 0. The van der Waals surface area contributed by atoms with Crippen LogP contribution in [0.15, 0.2) is 30.3 Å². The number of sulfone groups is 1. The molecule has 2 rings (SSSR count). The van der Waals surface area contributed by atoms with Gasteiger partial charge in [-0.2, -0.15) is 0 Å². The number of carbonyl (C=O) groups excluding carboxylic acids is 2. The Morgan fingerprint density at radius 3 is 2.56 bits per heavy atom. The molecule has 0 spiro atoms. The molecule has 1 amide bonds. The Morgan fingerprint density at radius 1 is 1.33 bits per heavy atom. The van der Waals surface area contributed by atoms with Crippen molar-refractivity contribution < 1.29 is 27.1 Å². The van der Waals surface area contributed by atoms with Crippen molar-refractivity contribution in [3.63, 3.8) is 0 Å². The van der Waals surface area contributed by atoms with E-state index < -0.39 is 28.3 Å². The van der Waals surface area contributed by atoms with E-state index in [1.165, 1.54) is 35.2 Å². The molecule has 1 saturated heterocycles. The van der Waals surface area contributed by atoms with Gasteiger partial charge in [-0.15, -0.1) is 0 Å². The van der Waals surface area contributed by atoms with Crippen LogP contribution >= 0.6 is 0 Å². The van der Waals surface area contributed by atoms with Gasteiger partial charge in [0.2, 0.25) is 0 Å². The van der Waals surface area contributed by atoms with Crippen LogP contribution in [0.4, 0.5) is 4.39 Å². The second kappa shape index (κ2) is 9.12. The Labute approximate surface area is 158 Å². The lowest BCUT2D eigenvalue weighted by Gasteiger charge is -2.33. The second-order valence-corrected chi connectivity index (χ2v) is 8.84. The first-order valence-corrected chi connectivity index (χ1v) is 10.7. The van der Waals surface area contributed by atoms with Crippen molar-refractivity contribution in [3.8, 4) is 0 Å². The van der Waals surface area contributed by atoms with Crippen molar-refractivity contribution in [2.24, 2.45) is 0 Å². The summed E-state index contributed by atoms with van der Waals surface area (Å²) < 4.78 is 41.3. The van der Waals surface area contributed by atoms with Crippen LogP contribution in [0.3, 0.4) is 0 Å². The Bertz CT molecular complexity index is 804. The number of ether oxygens (including phenoxy) is 1. The van der Waals surface area contributed by atoms with Gasteiger partial charge in [0.1, 0.15) is 5.82 Å². The molecule has 1 heterocycles. The zero-order chi connectivity index (χ0) is 20.0.